The van der Waals surface area contributed by atoms with Crippen molar-refractivity contribution in [1.82, 2.24) is 29.9 Å². The molecule has 4 aromatic rings. The van der Waals surface area contributed by atoms with Crippen LogP contribution in [0, 0.1) is 23.7 Å². The van der Waals surface area contributed by atoms with Crippen molar-refractivity contribution in [3.05, 3.63) is 47.5 Å². The minimum atomic E-state index is -4.87. The Hall–Kier alpha value is -5.34. The van der Waals surface area contributed by atoms with Crippen LogP contribution in [0.25, 0.3) is 12.2 Å². The van der Waals surface area contributed by atoms with Gasteiger partial charge in [0.2, 0.25) is 35.7 Å². The van der Waals surface area contributed by atoms with Gasteiger partial charge in [0.15, 0.2) is 0 Å². The average molecular weight is 981 g/mol. The van der Waals surface area contributed by atoms with Crippen molar-refractivity contribution in [1.29, 1.82) is 0 Å². The van der Waals surface area contributed by atoms with Crippen molar-refractivity contribution in [3.63, 3.8) is 0 Å². The molecule has 4 aliphatic rings. The number of piperidine rings is 4. The molecule has 0 aliphatic carbocycles. The maximum Gasteiger partial charge on any atom is 0.295 e. The van der Waals surface area contributed by atoms with Gasteiger partial charge in [0.05, 0.1) is 0 Å². The van der Waals surface area contributed by atoms with E-state index in [9.17, 15) is 46.4 Å². The largest absolute Gasteiger partial charge is 0.396 e. The lowest BCUT2D eigenvalue weighted by molar-refractivity contribution is 0.207. The van der Waals surface area contributed by atoms with E-state index in [0.29, 0.717) is 76.2 Å². The first-order valence-electron chi connectivity index (χ1n) is 23.1. The number of rotatable bonds is 16. The van der Waals surface area contributed by atoms with Gasteiger partial charge in [-0.25, -0.2) is 0 Å². The lowest BCUT2D eigenvalue weighted by Crippen LogP contribution is -2.40. The molecule has 0 radical (unpaired) electrons. The lowest BCUT2D eigenvalue weighted by atomic mass is 9.99. The molecule has 4 saturated heterocycles. The van der Waals surface area contributed by atoms with Gasteiger partial charge in [0.1, 0.15) is 9.79 Å². The second-order valence-electron chi connectivity index (χ2n) is 18.1. The Labute approximate surface area is 395 Å². The van der Waals surface area contributed by atoms with Crippen LogP contribution in [0.4, 0.5) is 47.1 Å². The highest BCUT2D eigenvalue weighted by atomic mass is 32.2. The van der Waals surface area contributed by atoms with Gasteiger partial charge < -0.3 is 50.7 Å². The first-order valence-corrected chi connectivity index (χ1v) is 26.0. The van der Waals surface area contributed by atoms with Crippen molar-refractivity contribution in [2.24, 2.45) is 23.7 Å². The van der Waals surface area contributed by atoms with Crippen LogP contribution in [-0.4, -0.2) is 155 Å². The van der Waals surface area contributed by atoms with E-state index < -0.39 is 30.0 Å². The molecule has 68 heavy (non-hydrogen) atoms. The Morgan fingerprint density at radius 3 is 1.04 bits per heavy atom. The number of aliphatic hydroxyl groups is 4. The van der Waals surface area contributed by atoms with E-state index in [2.05, 4.69) is 30.6 Å². The van der Waals surface area contributed by atoms with Gasteiger partial charge in [-0.1, -0.05) is 24.3 Å². The molecule has 8 N–H and O–H groups in total. The summed E-state index contributed by atoms with van der Waals surface area (Å²) in [6.45, 7) is 4.83. The maximum absolute atomic E-state index is 12.9. The number of anilines is 8. The highest BCUT2D eigenvalue weighted by molar-refractivity contribution is 7.86. The zero-order valence-electron chi connectivity index (χ0n) is 37.7. The number of benzene rings is 2. The van der Waals surface area contributed by atoms with Gasteiger partial charge in [-0.15, -0.1) is 0 Å². The average Bonchev–Trinajstić information content (AvgIpc) is 3.35. The predicted octanol–water partition coefficient (Wildman–Crippen LogP) is 3.04. The number of nitrogens with one attached hydrogen (secondary N) is 2. The summed E-state index contributed by atoms with van der Waals surface area (Å²) in [5.74, 6) is 1.86. The number of aromatic nitrogens is 6. The molecule has 4 aliphatic heterocycles. The van der Waals surface area contributed by atoms with Crippen molar-refractivity contribution in [2.45, 2.75) is 61.2 Å². The molecule has 24 heteroatoms. The summed E-state index contributed by atoms with van der Waals surface area (Å²) in [5.41, 5.74) is 0.408. The Bertz CT molecular complexity index is 2400. The normalized spacial score (nSPS) is 21.9. The fraction of sp³-hybridized carbons (Fsp3) is 0.545. The molecule has 0 amide bonds. The molecular weight excluding hydrogens is 921 g/mol. The Kier molecular flexibility index (Phi) is 15.5. The summed E-state index contributed by atoms with van der Waals surface area (Å²) in [5, 5.41) is 45.7. The summed E-state index contributed by atoms with van der Waals surface area (Å²) < 4.78 is 72.4. The maximum atomic E-state index is 12.9. The minimum Gasteiger partial charge on any atom is -0.396 e. The fourth-order valence-corrected chi connectivity index (χ4v) is 10.8. The number of aliphatic hydroxyl groups excluding tert-OH is 4. The van der Waals surface area contributed by atoms with Crippen LogP contribution in [0.15, 0.2) is 46.2 Å². The van der Waals surface area contributed by atoms with E-state index in [-0.39, 0.29) is 84.5 Å². The van der Waals surface area contributed by atoms with E-state index in [1.165, 1.54) is 36.4 Å². The van der Waals surface area contributed by atoms with Gasteiger partial charge in [0, 0.05) is 90.2 Å². The summed E-state index contributed by atoms with van der Waals surface area (Å²) in [4.78, 5) is 35.1. The Morgan fingerprint density at radius 1 is 0.485 bits per heavy atom. The number of hydrogen-bond acceptors (Lipinski definition) is 20. The van der Waals surface area contributed by atoms with Crippen molar-refractivity contribution >= 4 is 79.5 Å². The van der Waals surface area contributed by atoms with Crippen LogP contribution in [-0.2, 0) is 20.2 Å². The van der Waals surface area contributed by atoms with E-state index in [0.717, 1.165) is 51.4 Å². The molecule has 0 bridgehead atoms. The van der Waals surface area contributed by atoms with Gasteiger partial charge in [-0.3, -0.25) is 9.11 Å². The summed E-state index contributed by atoms with van der Waals surface area (Å²) in [6.07, 6.45) is 9.35. The second-order valence-corrected chi connectivity index (χ2v) is 20.9. The van der Waals surface area contributed by atoms with Gasteiger partial charge >= 0.3 is 0 Å². The highest BCUT2D eigenvalue weighted by Gasteiger charge is 2.29. The molecule has 0 saturated carbocycles. The molecule has 8 rings (SSSR count). The molecule has 4 fully saturated rings. The zero-order chi connectivity index (χ0) is 48.0. The lowest BCUT2D eigenvalue weighted by Gasteiger charge is -2.34. The van der Waals surface area contributed by atoms with E-state index in [4.69, 9.17) is 9.97 Å². The quantitative estimate of drug-likeness (QED) is 0.0591. The molecule has 22 nitrogen and oxygen atoms in total. The van der Waals surface area contributed by atoms with Crippen LogP contribution in [0.2, 0.25) is 0 Å². The van der Waals surface area contributed by atoms with E-state index in [1.807, 2.05) is 19.6 Å². The molecule has 368 valence electrons. The minimum absolute atomic E-state index is 0.00201. The SMILES string of the molecule is O=S(=O)(O)c1cc(Nc2nc(N3CCCC(CO)C3)nc(N3CCCC(CO)C3)n2)ccc1/C=C/c1ccc(Nc2nc(N3CCCC(CO)C3)nc(N3CCCC(CO)C3)n2)cc1S(=O)(=O)O. The van der Waals surface area contributed by atoms with Crippen LogP contribution in [0.1, 0.15) is 62.5 Å². The Balaban J connectivity index is 1.07. The molecule has 4 atom stereocenters. The van der Waals surface area contributed by atoms with Crippen molar-refractivity contribution < 1.29 is 46.4 Å². The van der Waals surface area contributed by atoms with Crippen LogP contribution < -0.4 is 30.2 Å². The monoisotopic (exact) mass is 980 g/mol. The standard InChI is InChI=1S/C44H60N12O10S2/c57-25-29-5-1-15-53(21-29)41-47-39(48-42(51-41)54-16-2-6-30(22-54)26-58)45-35-13-11-33(37(19-35)67(61,62)63)9-10-34-12-14-36(20-38(34)68(64,65)66)46-40-49-43(55-17-3-7-31(23-55)27-59)52-44(50-40)56-18-4-8-32(24-56)28-60/h9-14,19-20,29-32,57-60H,1-8,15-18,21-28H2,(H,61,62,63)(H,64,65,66)(H,45,47,48,51)(H,46,49,50,52)/b10-9+. The summed E-state index contributed by atoms with van der Waals surface area (Å²) >= 11 is 0. The van der Waals surface area contributed by atoms with Gasteiger partial charge in [-0.2, -0.15) is 46.7 Å². The summed E-state index contributed by atoms with van der Waals surface area (Å²) in [6, 6.07) is 8.29. The zero-order valence-corrected chi connectivity index (χ0v) is 39.3. The van der Waals surface area contributed by atoms with Crippen molar-refractivity contribution in [2.75, 3.05) is 109 Å². The summed E-state index contributed by atoms with van der Waals surface area (Å²) in [7, 11) is -9.74. The molecule has 4 unspecified atom stereocenters. The third kappa shape index (κ3) is 12.1. The Morgan fingerprint density at radius 2 is 0.779 bits per heavy atom. The van der Waals surface area contributed by atoms with E-state index in [1.54, 1.807) is 12.1 Å². The first kappa shape index (κ1) is 49.1. The second kappa shape index (κ2) is 21.5. The fourth-order valence-electron chi connectivity index (χ4n) is 9.35. The third-order valence-electron chi connectivity index (χ3n) is 13.0. The topological polar surface area (TPSA) is 304 Å². The van der Waals surface area contributed by atoms with Crippen molar-refractivity contribution in [3.8, 4) is 0 Å². The predicted molar refractivity (Wildman–Crippen MR) is 256 cm³/mol. The number of nitrogens with zero attached hydrogens (tertiary/aromatic N) is 10. The molecular formula is C44H60N12O10S2. The van der Waals surface area contributed by atoms with Crippen LogP contribution in [0.3, 0.4) is 0 Å². The third-order valence-corrected chi connectivity index (χ3v) is 14.8. The van der Waals surface area contributed by atoms with Crippen LogP contribution >= 0.6 is 0 Å². The first-order chi connectivity index (χ1) is 32.7. The molecule has 0 spiro atoms. The molecule has 2 aromatic carbocycles. The van der Waals surface area contributed by atoms with E-state index >= 15 is 0 Å². The number of hydrogen-bond donors (Lipinski definition) is 8. The smallest absolute Gasteiger partial charge is 0.295 e. The van der Waals surface area contributed by atoms with Gasteiger partial charge in [0.25, 0.3) is 20.2 Å². The molecule has 6 heterocycles. The molecule has 2 aromatic heterocycles. The van der Waals surface area contributed by atoms with Gasteiger partial charge in [-0.05, 0) is 110 Å². The highest BCUT2D eigenvalue weighted by Crippen LogP contribution is 2.32. The van der Waals surface area contributed by atoms with Crippen LogP contribution in [0.5, 0.6) is 0 Å².